The molecule has 33 heavy (non-hydrogen) atoms. The maximum atomic E-state index is 13.8. The third-order valence-corrected chi connectivity index (χ3v) is 6.47. The van der Waals surface area contributed by atoms with E-state index in [0.717, 1.165) is 5.56 Å². The number of hydrogen-bond acceptors (Lipinski definition) is 5. The number of pyridine rings is 1. The molecule has 0 N–H and O–H groups in total. The Kier molecular flexibility index (Phi) is 5.78. The number of rotatable bonds is 5. The summed E-state index contributed by atoms with van der Waals surface area (Å²) in [5.74, 6) is 0. The largest absolute Gasteiger partial charge is 0.444 e. The molecule has 1 atom stereocenters. The zero-order chi connectivity index (χ0) is 22.6. The third kappa shape index (κ3) is 4.18. The van der Waals surface area contributed by atoms with Crippen molar-refractivity contribution in [1.82, 2.24) is 14.5 Å². The summed E-state index contributed by atoms with van der Waals surface area (Å²) in [6.45, 7) is 0.1000. The first-order valence-electron chi connectivity index (χ1n) is 10.3. The molecule has 3 aromatic carbocycles. The molecule has 0 aliphatic rings. The monoisotopic (exact) mass is 453 g/mol. The van der Waals surface area contributed by atoms with Crippen LogP contribution in [0.5, 0.6) is 0 Å². The number of aromatic nitrogens is 3. The minimum Gasteiger partial charge on any atom is -0.444 e. The number of benzene rings is 3. The van der Waals surface area contributed by atoms with Crippen LogP contribution in [0.15, 0.2) is 113 Å². The summed E-state index contributed by atoms with van der Waals surface area (Å²) < 4.78 is 20.7. The number of carbonyl (C=O) groups is 1. The second kappa shape index (κ2) is 9.18. The Morgan fingerprint density at radius 1 is 0.848 bits per heavy atom. The highest BCUT2D eigenvalue weighted by atomic mass is 32.2. The lowest BCUT2D eigenvalue weighted by Crippen LogP contribution is -2.17. The molecule has 0 radical (unpaired) electrons. The Bertz CT molecular complexity index is 1450. The van der Waals surface area contributed by atoms with Gasteiger partial charge in [0.1, 0.15) is 17.4 Å². The van der Waals surface area contributed by atoms with Crippen molar-refractivity contribution in [3.8, 4) is 11.3 Å². The molecule has 0 spiro atoms. The Hall–Kier alpha value is -4.10. The summed E-state index contributed by atoms with van der Waals surface area (Å²) >= 11 is 0. The molecule has 5 rings (SSSR count). The molecule has 2 heterocycles. The molecule has 0 saturated carbocycles. The molecule has 0 saturated heterocycles. The maximum Gasteiger partial charge on any atom is 0.421 e. The first-order valence-corrected chi connectivity index (χ1v) is 11.5. The molecule has 162 valence electrons. The molecule has 5 aromatic rings. The topological polar surface area (TPSA) is 74.1 Å². The van der Waals surface area contributed by atoms with Crippen molar-refractivity contribution in [2.45, 2.75) is 16.7 Å². The quantitative estimate of drug-likeness (QED) is 0.354. The summed E-state index contributed by atoms with van der Waals surface area (Å²) in [7, 11) is -1.76. The van der Waals surface area contributed by atoms with E-state index in [0.29, 0.717) is 27.2 Å². The Morgan fingerprint density at radius 3 is 2.39 bits per heavy atom. The van der Waals surface area contributed by atoms with Crippen LogP contribution in [0.3, 0.4) is 0 Å². The van der Waals surface area contributed by atoms with Crippen LogP contribution in [0.25, 0.3) is 22.3 Å². The predicted molar refractivity (Wildman–Crippen MR) is 126 cm³/mol. The van der Waals surface area contributed by atoms with Crippen LogP contribution in [0.1, 0.15) is 5.56 Å². The van der Waals surface area contributed by atoms with Gasteiger partial charge in [0.15, 0.2) is 0 Å². The lowest BCUT2D eigenvalue weighted by atomic mass is 10.1. The number of imidazole rings is 1. The van der Waals surface area contributed by atoms with Crippen LogP contribution in [0.4, 0.5) is 4.79 Å². The summed E-state index contributed by atoms with van der Waals surface area (Å²) in [5, 5.41) is 0.109. The average molecular weight is 454 g/mol. The highest BCUT2D eigenvalue weighted by molar-refractivity contribution is 7.85. The summed E-state index contributed by atoms with van der Waals surface area (Å²) in [6, 6.07) is 29.4. The zero-order valence-corrected chi connectivity index (χ0v) is 18.3. The van der Waals surface area contributed by atoms with Crippen LogP contribution in [-0.2, 0) is 22.1 Å². The second-order valence-electron chi connectivity index (χ2n) is 7.24. The van der Waals surface area contributed by atoms with E-state index < -0.39 is 16.9 Å². The first kappa shape index (κ1) is 20.8. The fourth-order valence-electron chi connectivity index (χ4n) is 3.55. The predicted octanol–water partition coefficient (Wildman–Crippen LogP) is 5.45. The Labute approximate surface area is 193 Å². The van der Waals surface area contributed by atoms with Gasteiger partial charge in [-0.2, -0.15) is 0 Å². The van der Waals surface area contributed by atoms with E-state index in [1.165, 1.54) is 4.57 Å². The lowest BCUT2D eigenvalue weighted by Gasteiger charge is -2.11. The zero-order valence-electron chi connectivity index (χ0n) is 17.5. The number of ether oxygens (including phenoxy) is 1. The van der Waals surface area contributed by atoms with Gasteiger partial charge in [0.05, 0.1) is 21.6 Å². The molecule has 0 bridgehead atoms. The van der Waals surface area contributed by atoms with Crippen LogP contribution >= 0.6 is 0 Å². The van der Waals surface area contributed by atoms with Crippen molar-refractivity contribution in [1.29, 1.82) is 0 Å². The SMILES string of the molecule is O=C(OCc1ccccc1)n1c(S(=O)c2ccccc2-c2ccccn2)nc2ccccc21. The third-order valence-electron chi connectivity index (χ3n) is 5.11. The standard InChI is InChI=1S/C26H19N3O3S/c30-26(32-18-19-10-2-1-3-11-19)29-23-15-6-5-14-22(23)28-25(29)33(31)24-16-7-4-12-20(24)21-13-8-9-17-27-21/h1-17H,18H2. The van der Waals surface area contributed by atoms with Crippen LogP contribution in [0.2, 0.25) is 0 Å². The number of hydrogen-bond donors (Lipinski definition) is 0. The van der Waals surface area contributed by atoms with E-state index in [4.69, 9.17) is 4.74 Å². The van der Waals surface area contributed by atoms with Crippen LogP contribution in [-0.4, -0.2) is 24.8 Å². The van der Waals surface area contributed by atoms with Crippen molar-refractivity contribution < 1.29 is 13.7 Å². The maximum absolute atomic E-state index is 13.8. The molecule has 0 amide bonds. The fraction of sp³-hybridized carbons (Fsp3) is 0.0385. The van der Waals surface area contributed by atoms with Crippen molar-refractivity contribution >= 4 is 27.9 Å². The highest BCUT2D eigenvalue weighted by Gasteiger charge is 2.25. The van der Waals surface area contributed by atoms with E-state index in [1.54, 1.807) is 36.5 Å². The van der Waals surface area contributed by atoms with Gasteiger partial charge < -0.3 is 4.74 Å². The normalized spacial score (nSPS) is 11.9. The van der Waals surface area contributed by atoms with Gasteiger partial charge in [-0.1, -0.05) is 66.7 Å². The van der Waals surface area contributed by atoms with E-state index in [-0.39, 0.29) is 11.8 Å². The van der Waals surface area contributed by atoms with E-state index in [1.807, 2.05) is 66.7 Å². The average Bonchev–Trinajstić information content (AvgIpc) is 3.28. The molecule has 0 aliphatic heterocycles. The van der Waals surface area contributed by atoms with Crippen molar-refractivity contribution in [2.24, 2.45) is 0 Å². The number of carbonyl (C=O) groups excluding carboxylic acids is 1. The smallest absolute Gasteiger partial charge is 0.421 e. The van der Waals surface area contributed by atoms with Gasteiger partial charge in [-0.15, -0.1) is 0 Å². The van der Waals surface area contributed by atoms with Gasteiger partial charge in [0.25, 0.3) is 0 Å². The molecule has 7 heteroatoms. The first-order chi connectivity index (χ1) is 16.2. The van der Waals surface area contributed by atoms with Gasteiger partial charge in [-0.25, -0.2) is 18.6 Å². The summed E-state index contributed by atoms with van der Waals surface area (Å²) in [6.07, 6.45) is 1.05. The number of fused-ring (bicyclic) bond motifs is 1. The van der Waals surface area contributed by atoms with Gasteiger partial charge in [0.2, 0.25) is 5.16 Å². The number of para-hydroxylation sites is 2. The van der Waals surface area contributed by atoms with Gasteiger partial charge in [0, 0.05) is 11.8 Å². The van der Waals surface area contributed by atoms with Gasteiger partial charge in [-0.3, -0.25) is 4.98 Å². The summed E-state index contributed by atoms with van der Waals surface area (Å²) in [4.78, 5) is 22.6. The van der Waals surface area contributed by atoms with E-state index >= 15 is 0 Å². The van der Waals surface area contributed by atoms with Crippen LogP contribution in [0, 0.1) is 0 Å². The number of nitrogens with zero attached hydrogens (tertiary/aromatic N) is 3. The molecular formula is C26H19N3O3S. The van der Waals surface area contributed by atoms with Crippen molar-refractivity contribution in [2.75, 3.05) is 0 Å². The Balaban J connectivity index is 1.57. The minimum atomic E-state index is -1.76. The van der Waals surface area contributed by atoms with Crippen molar-refractivity contribution in [3.05, 3.63) is 109 Å². The van der Waals surface area contributed by atoms with Crippen LogP contribution < -0.4 is 0 Å². The van der Waals surface area contributed by atoms with Crippen molar-refractivity contribution in [3.63, 3.8) is 0 Å². The summed E-state index contributed by atoms with van der Waals surface area (Å²) in [5.41, 5.74) is 3.36. The Morgan fingerprint density at radius 2 is 1.58 bits per heavy atom. The molecule has 0 aliphatic carbocycles. The molecule has 1 unspecified atom stereocenters. The molecule has 2 aromatic heterocycles. The highest BCUT2D eigenvalue weighted by Crippen LogP contribution is 2.29. The minimum absolute atomic E-state index is 0.1000. The molecular weight excluding hydrogens is 434 g/mol. The lowest BCUT2D eigenvalue weighted by molar-refractivity contribution is 0.140. The second-order valence-corrected chi connectivity index (χ2v) is 8.58. The van der Waals surface area contributed by atoms with Gasteiger partial charge in [-0.05, 0) is 35.9 Å². The molecule has 0 fully saturated rings. The molecule has 6 nitrogen and oxygen atoms in total. The fourth-order valence-corrected chi connectivity index (χ4v) is 4.84. The van der Waals surface area contributed by atoms with Gasteiger partial charge >= 0.3 is 6.09 Å². The van der Waals surface area contributed by atoms with E-state index in [2.05, 4.69) is 9.97 Å². The van der Waals surface area contributed by atoms with E-state index in [9.17, 15) is 9.00 Å².